The average Bonchev–Trinajstić information content (AvgIpc) is 2.35. The summed E-state index contributed by atoms with van der Waals surface area (Å²) in [6.07, 6.45) is 3.70. The third kappa shape index (κ3) is 1.67. The van der Waals surface area contributed by atoms with Crippen LogP contribution in [0.15, 0.2) is 0 Å². The Kier molecular flexibility index (Phi) is 2.34. The molecule has 86 valence electrons. The van der Waals surface area contributed by atoms with E-state index in [9.17, 15) is 4.79 Å². The summed E-state index contributed by atoms with van der Waals surface area (Å²) in [5.41, 5.74) is 6.11. The van der Waals surface area contributed by atoms with Crippen LogP contribution in [0.4, 0.5) is 0 Å². The predicted octanol–water partition coefficient (Wildman–Crippen LogP) is 1.86. The van der Waals surface area contributed by atoms with Gasteiger partial charge in [-0.1, -0.05) is 13.8 Å². The quantitative estimate of drug-likeness (QED) is 0.749. The third-order valence-corrected chi connectivity index (χ3v) is 4.52. The van der Waals surface area contributed by atoms with E-state index in [0.29, 0.717) is 17.9 Å². The van der Waals surface area contributed by atoms with E-state index in [1.807, 2.05) is 0 Å². The highest BCUT2D eigenvalue weighted by Gasteiger charge is 2.59. The zero-order valence-corrected chi connectivity index (χ0v) is 9.62. The second-order valence-corrected chi connectivity index (χ2v) is 6.28. The van der Waals surface area contributed by atoms with Crippen molar-refractivity contribution >= 4 is 5.97 Å². The number of hydrogen-bond donors (Lipinski definition) is 2. The number of rotatable bonds is 3. The summed E-state index contributed by atoms with van der Waals surface area (Å²) in [4.78, 5) is 10.9. The Labute approximate surface area is 91.0 Å². The molecule has 0 aromatic heterocycles. The molecule has 0 aromatic rings. The summed E-state index contributed by atoms with van der Waals surface area (Å²) < 4.78 is 0. The van der Waals surface area contributed by atoms with E-state index >= 15 is 0 Å². The van der Waals surface area contributed by atoms with Gasteiger partial charge in [-0.25, -0.2) is 0 Å². The van der Waals surface area contributed by atoms with Crippen LogP contribution >= 0.6 is 0 Å². The van der Waals surface area contributed by atoms with E-state index < -0.39 is 5.97 Å². The number of hydrogen-bond acceptors (Lipinski definition) is 2. The molecule has 0 radical (unpaired) electrons. The molecule has 2 saturated carbocycles. The van der Waals surface area contributed by atoms with E-state index in [2.05, 4.69) is 13.8 Å². The minimum Gasteiger partial charge on any atom is -0.481 e. The second-order valence-electron chi connectivity index (χ2n) is 6.28. The van der Waals surface area contributed by atoms with Crippen LogP contribution in [0.25, 0.3) is 0 Å². The monoisotopic (exact) mass is 211 g/mol. The first-order valence-electron chi connectivity index (χ1n) is 5.80. The Morgan fingerprint density at radius 3 is 2.53 bits per heavy atom. The molecule has 3 nitrogen and oxygen atoms in total. The predicted molar refractivity (Wildman–Crippen MR) is 58.4 cm³/mol. The number of carbonyl (C=O) groups is 1. The lowest BCUT2D eigenvalue weighted by Crippen LogP contribution is -2.51. The van der Waals surface area contributed by atoms with Crippen molar-refractivity contribution < 1.29 is 9.90 Å². The van der Waals surface area contributed by atoms with Crippen LogP contribution in [0, 0.1) is 22.7 Å². The molecule has 2 aliphatic rings. The second kappa shape index (κ2) is 3.21. The standard InChI is InChI=1S/C12H21NO2/c1-11(2)3-8-4-12(7-13,6-10(14)15)9(8)5-11/h8-9H,3-7,13H2,1-2H3,(H,14,15)/t8-,9-,12-/m0/s1. The van der Waals surface area contributed by atoms with Gasteiger partial charge in [0.1, 0.15) is 0 Å². The van der Waals surface area contributed by atoms with E-state index in [0.717, 1.165) is 18.8 Å². The fraction of sp³-hybridized carbons (Fsp3) is 0.917. The van der Waals surface area contributed by atoms with Crippen LogP contribution in [0.1, 0.15) is 39.5 Å². The molecule has 0 unspecified atom stereocenters. The van der Waals surface area contributed by atoms with Gasteiger partial charge in [-0.3, -0.25) is 4.79 Å². The van der Waals surface area contributed by atoms with Crippen LogP contribution in [0.2, 0.25) is 0 Å². The number of nitrogens with two attached hydrogens (primary N) is 1. The van der Waals surface area contributed by atoms with Gasteiger partial charge < -0.3 is 10.8 Å². The number of aliphatic carboxylic acids is 1. The average molecular weight is 211 g/mol. The summed E-state index contributed by atoms with van der Waals surface area (Å²) in [6.45, 7) is 5.11. The fourth-order valence-electron chi connectivity index (χ4n) is 3.95. The van der Waals surface area contributed by atoms with E-state index in [1.165, 1.54) is 6.42 Å². The lowest BCUT2D eigenvalue weighted by molar-refractivity contribution is -0.145. The summed E-state index contributed by atoms with van der Waals surface area (Å²) in [7, 11) is 0. The van der Waals surface area contributed by atoms with Crippen molar-refractivity contribution in [2.45, 2.75) is 39.5 Å². The Hall–Kier alpha value is -0.570. The van der Waals surface area contributed by atoms with Crippen molar-refractivity contribution in [3.05, 3.63) is 0 Å². The van der Waals surface area contributed by atoms with Crippen molar-refractivity contribution in [2.24, 2.45) is 28.4 Å². The third-order valence-electron chi connectivity index (χ3n) is 4.52. The van der Waals surface area contributed by atoms with Crippen molar-refractivity contribution in [1.29, 1.82) is 0 Å². The smallest absolute Gasteiger partial charge is 0.303 e. The Bertz CT molecular complexity index is 287. The van der Waals surface area contributed by atoms with Crippen molar-refractivity contribution in [3.63, 3.8) is 0 Å². The molecule has 0 heterocycles. The highest BCUT2D eigenvalue weighted by Crippen LogP contribution is 2.64. The molecule has 3 N–H and O–H groups in total. The van der Waals surface area contributed by atoms with E-state index in [4.69, 9.17) is 10.8 Å². The van der Waals surface area contributed by atoms with Gasteiger partial charge in [0, 0.05) is 0 Å². The number of carboxylic acids is 1. The molecule has 0 saturated heterocycles. The molecule has 2 rings (SSSR count). The van der Waals surface area contributed by atoms with Gasteiger partial charge in [0.05, 0.1) is 6.42 Å². The highest BCUT2D eigenvalue weighted by molar-refractivity contribution is 5.68. The molecule has 0 bridgehead atoms. The van der Waals surface area contributed by atoms with Gasteiger partial charge >= 0.3 is 5.97 Å². The van der Waals surface area contributed by atoms with Gasteiger partial charge in [0.15, 0.2) is 0 Å². The lowest BCUT2D eigenvalue weighted by Gasteiger charge is -2.51. The summed E-state index contributed by atoms with van der Waals surface area (Å²) in [5, 5.41) is 8.94. The molecular weight excluding hydrogens is 190 g/mol. The molecule has 15 heavy (non-hydrogen) atoms. The largest absolute Gasteiger partial charge is 0.481 e. The van der Waals surface area contributed by atoms with Crippen LogP contribution in [0.3, 0.4) is 0 Å². The Morgan fingerprint density at radius 1 is 1.40 bits per heavy atom. The Morgan fingerprint density at radius 2 is 2.07 bits per heavy atom. The van der Waals surface area contributed by atoms with Crippen molar-refractivity contribution in [1.82, 2.24) is 0 Å². The minimum absolute atomic E-state index is 0.0791. The zero-order chi connectivity index (χ0) is 11.3. The molecule has 3 heteroatoms. The van der Waals surface area contributed by atoms with Crippen molar-refractivity contribution in [3.8, 4) is 0 Å². The van der Waals surface area contributed by atoms with Crippen LogP contribution in [0.5, 0.6) is 0 Å². The first-order valence-corrected chi connectivity index (χ1v) is 5.80. The molecule has 0 amide bonds. The normalized spacial score (nSPS) is 42.1. The SMILES string of the molecule is CC1(C)C[C@H]2C[C@@](CN)(CC(=O)O)[C@H]2C1. The topological polar surface area (TPSA) is 63.3 Å². The van der Waals surface area contributed by atoms with Gasteiger partial charge in [-0.15, -0.1) is 0 Å². The lowest BCUT2D eigenvalue weighted by atomic mass is 9.53. The van der Waals surface area contributed by atoms with E-state index in [1.54, 1.807) is 0 Å². The van der Waals surface area contributed by atoms with Gasteiger partial charge in [-0.05, 0) is 48.5 Å². The maximum absolute atomic E-state index is 10.9. The zero-order valence-electron chi connectivity index (χ0n) is 9.62. The molecular formula is C12H21NO2. The van der Waals surface area contributed by atoms with Gasteiger partial charge in [0.25, 0.3) is 0 Å². The maximum atomic E-state index is 10.9. The number of fused-ring (bicyclic) bond motifs is 1. The van der Waals surface area contributed by atoms with Crippen molar-refractivity contribution in [2.75, 3.05) is 6.54 Å². The highest BCUT2D eigenvalue weighted by atomic mass is 16.4. The van der Waals surface area contributed by atoms with Gasteiger partial charge in [-0.2, -0.15) is 0 Å². The maximum Gasteiger partial charge on any atom is 0.303 e. The summed E-state index contributed by atoms with van der Waals surface area (Å²) >= 11 is 0. The summed E-state index contributed by atoms with van der Waals surface area (Å²) in [6, 6.07) is 0. The van der Waals surface area contributed by atoms with Gasteiger partial charge in [0.2, 0.25) is 0 Å². The fourth-order valence-corrected chi connectivity index (χ4v) is 3.95. The summed E-state index contributed by atoms with van der Waals surface area (Å²) in [5.74, 6) is 0.611. The minimum atomic E-state index is -0.691. The molecule has 0 aromatic carbocycles. The molecule has 3 atom stereocenters. The molecule has 2 aliphatic carbocycles. The van der Waals surface area contributed by atoms with Crippen LogP contribution in [-0.4, -0.2) is 17.6 Å². The Balaban J connectivity index is 2.10. The van der Waals surface area contributed by atoms with E-state index in [-0.39, 0.29) is 11.8 Å². The van der Waals surface area contributed by atoms with Crippen LogP contribution in [-0.2, 0) is 4.79 Å². The van der Waals surface area contributed by atoms with Crippen LogP contribution < -0.4 is 5.73 Å². The number of carboxylic acid groups (broad SMARTS) is 1. The first kappa shape index (κ1) is 10.9. The molecule has 2 fully saturated rings. The molecule has 0 aliphatic heterocycles. The molecule has 0 spiro atoms. The first-order chi connectivity index (χ1) is 6.88.